The molecular weight excluding hydrogens is 450 g/mol. The molecule has 0 saturated carbocycles. The molecule has 2 aliphatic heterocycles. The molecule has 3 heterocycles. The molecule has 1 aromatic heterocycles. The van der Waals surface area contributed by atoms with Crippen LogP contribution in [0.1, 0.15) is 18.7 Å². The largest absolute Gasteiger partial charge is 0.457 e. The van der Waals surface area contributed by atoms with Crippen molar-refractivity contribution in [3.05, 3.63) is 46.3 Å². The normalized spacial score (nSPS) is 16.3. The zero-order chi connectivity index (χ0) is 21.7. The van der Waals surface area contributed by atoms with Gasteiger partial charge in [-0.25, -0.2) is 18.6 Å². The number of hydrogen-bond donors (Lipinski definition) is 0. The highest BCUT2D eigenvalue weighted by Crippen LogP contribution is 2.45. The number of thioether (sulfide) groups is 1. The number of anilines is 1. The summed E-state index contributed by atoms with van der Waals surface area (Å²) < 4.78 is 41.9. The van der Waals surface area contributed by atoms with Crippen LogP contribution in [-0.4, -0.2) is 19.4 Å². The highest BCUT2D eigenvalue weighted by Gasteiger charge is 2.25. The predicted octanol–water partition coefficient (Wildman–Crippen LogP) is -0.119. The molecule has 1 aromatic carbocycles. The van der Waals surface area contributed by atoms with Crippen molar-refractivity contribution in [1.29, 1.82) is 0 Å². The number of rotatable bonds is 4. The van der Waals surface area contributed by atoms with Gasteiger partial charge in [-0.1, -0.05) is 23.9 Å². The van der Waals surface area contributed by atoms with E-state index in [1.165, 1.54) is 15.6 Å². The van der Waals surface area contributed by atoms with E-state index in [-0.39, 0.29) is 0 Å². The molecule has 0 radical (unpaired) electrons. The average Bonchev–Trinajstić information content (AvgIpc) is 3.23. The molecule has 0 aliphatic carbocycles. The summed E-state index contributed by atoms with van der Waals surface area (Å²) in [5.74, 6) is 0.938. The zero-order valence-corrected chi connectivity index (χ0v) is 18.7. The minimum Gasteiger partial charge on any atom is -0.457 e. The number of ether oxygens (including phenoxy) is 1. The van der Waals surface area contributed by atoms with Crippen molar-refractivity contribution in [1.82, 2.24) is 0 Å². The van der Waals surface area contributed by atoms with Crippen LogP contribution in [0.3, 0.4) is 0 Å². The van der Waals surface area contributed by atoms with Crippen molar-refractivity contribution >= 4 is 46.2 Å². The van der Waals surface area contributed by atoms with E-state index in [1.54, 1.807) is 23.1 Å². The zero-order valence-electron chi connectivity index (χ0n) is 16.3. The highest BCUT2D eigenvalue weighted by molar-refractivity contribution is 8.03. The first-order chi connectivity index (χ1) is 14.3. The van der Waals surface area contributed by atoms with Gasteiger partial charge in [0.25, 0.3) is 0 Å². The molecule has 0 amide bonds. The van der Waals surface area contributed by atoms with E-state index in [2.05, 4.69) is 59.7 Å². The molecule has 0 spiro atoms. The number of benzene rings is 1. The fraction of sp³-hybridized carbons (Fsp3) is 0.263. The molecule has 0 bridgehead atoms. The third kappa shape index (κ3) is 5.61. The monoisotopic (exact) mass is 469 g/mol. The smallest absolute Gasteiger partial charge is 0.385 e. The first kappa shape index (κ1) is 22.8. The number of aliphatic imine (C=N–C) groups is 1. The number of fused-ring (bicyclic) bond motifs is 2. The topological polar surface area (TPSA) is 121 Å². The number of thiazole rings is 1. The van der Waals surface area contributed by atoms with Crippen molar-refractivity contribution in [3.63, 3.8) is 0 Å². The van der Waals surface area contributed by atoms with E-state index in [4.69, 9.17) is 28.4 Å². The number of nitrogens with zero attached hydrogens (tertiary/aromatic N) is 3. The molecular formula is C19H20ClN3O5S2. The molecule has 0 fully saturated rings. The summed E-state index contributed by atoms with van der Waals surface area (Å²) in [7, 11) is -4.94. The Morgan fingerprint density at radius 3 is 2.67 bits per heavy atom. The van der Waals surface area contributed by atoms with E-state index >= 15 is 0 Å². The van der Waals surface area contributed by atoms with Crippen molar-refractivity contribution in [3.8, 4) is 5.88 Å². The number of allylic oxidation sites excluding steroid dienone is 1. The first-order valence-electron chi connectivity index (χ1n) is 9.08. The van der Waals surface area contributed by atoms with Gasteiger partial charge in [0.05, 0.1) is 17.3 Å². The summed E-state index contributed by atoms with van der Waals surface area (Å²) in [6.07, 6.45) is 8.17. The molecule has 0 saturated heterocycles. The maximum Gasteiger partial charge on any atom is 0.385 e. The summed E-state index contributed by atoms with van der Waals surface area (Å²) in [6.45, 7) is 6.73. The Morgan fingerprint density at radius 2 is 1.97 bits per heavy atom. The fourth-order valence-electron chi connectivity index (χ4n) is 3.00. The van der Waals surface area contributed by atoms with Crippen LogP contribution in [-0.2, 0) is 6.54 Å². The van der Waals surface area contributed by atoms with Crippen LogP contribution in [0, 0.1) is 10.2 Å². The quantitative estimate of drug-likeness (QED) is 0.452. The Bertz CT molecular complexity index is 979. The van der Waals surface area contributed by atoms with Gasteiger partial charge >= 0.3 is 11.0 Å². The van der Waals surface area contributed by atoms with Gasteiger partial charge in [0.15, 0.2) is 0 Å². The second-order valence-electron chi connectivity index (χ2n) is 5.99. The van der Waals surface area contributed by atoms with E-state index in [0.29, 0.717) is 6.61 Å². The molecule has 0 unspecified atom stereocenters. The SMILES string of the molecule is CCN1C(=CC=Nc2sc3c([n+]2CC)OCC=C3)Sc2ccccc21.[O-][Cl+3]([O-])([O-])[O-]. The van der Waals surface area contributed by atoms with Crippen molar-refractivity contribution < 1.29 is 38.2 Å². The third-order valence-corrected chi connectivity index (χ3v) is 6.31. The van der Waals surface area contributed by atoms with Gasteiger partial charge in [0.1, 0.15) is 17.7 Å². The Morgan fingerprint density at radius 1 is 1.23 bits per heavy atom. The molecule has 0 atom stereocenters. The Hall–Kier alpha value is -1.92. The average molecular weight is 470 g/mol. The Balaban J connectivity index is 0.000000461. The minimum atomic E-state index is -4.94. The fourth-order valence-corrected chi connectivity index (χ4v) is 5.17. The van der Waals surface area contributed by atoms with Gasteiger partial charge in [0, 0.05) is 17.5 Å². The Kier molecular flexibility index (Phi) is 7.53. The van der Waals surface area contributed by atoms with Gasteiger partial charge in [-0.15, -0.1) is 10.2 Å². The predicted molar refractivity (Wildman–Crippen MR) is 106 cm³/mol. The Labute approximate surface area is 184 Å². The van der Waals surface area contributed by atoms with Gasteiger partial charge < -0.3 is 9.64 Å². The van der Waals surface area contributed by atoms with Crippen LogP contribution in [0.4, 0.5) is 10.8 Å². The lowest BCUT2D eigenvalue weighted by Gasteiger charge is -2.17. The molecule has 2 aromatic rings. The maximum atomic E-state index is 8.49. The lowest BCUT2D eigenvalue weighted by molar-refractivity contribution is -2.00. The number of aromatic nitrogens is 1. The molecule has 4 rings (SSSR count). The molecule has 160 valence electrons. The van der Waals surface area contributed by atoms with Crippen LogP contribution in [0.5, 0.6) is 5.88 Å². The maximum absolute atomic E-state index is 8.49. The standard InChI is InChI=1S/C19H20N3OS2.ClHO4/c1-3-21-14-8-5-6-9-15(14)24-17(21)11-12-20-19-22(4-2)18-16(25-19)10-7-13-23-18;2-1(3,4)5/h5-12H,3-4,13H2,1-2H3;(H,2,3,4,5)/q+1;/p-1. The summed E-state index contributed by atoms with van der Waals surface area (Å²) in [5, 5.41) is 2.19. The van der Waals surface area contributed by atoms with Gasteiger partial charge in [-0.2, -0.15) is 4.57 Å². The summed E-state index contributed by atoms with van der Waals surface area (Å²) in [5.41, 5.74) is 1.28. The van der Waals surface area contributed by atoms with Crippen LogP contribution in [0.15, 0.2) is 51.3 Å². The second-order valence-corrected chi connectivity index (χ2v) is 8.81. The number of hydrogen-bond acceptors (Lipinski definition) is 9. The van der Waals surface area contributed by atoms with Crippen molar-refractivity contribution in [2.24, 2.45) is 4.99 Å². The van der Waals surface area contributed by atoms with Crippen LogP contribution in [0.25, 0.3) is 6.08 Å². The second kappa shape index (κ2) is 9.92. The van der Waals surface area contributed by atoms with Gasteiger partial charge in [0.2, 0.25) is 0 Å². The highest BCUT2D eigenvalue weighted by atomic mass is 35.7. The molecule has 11 heteroatoms. The third-order valence-electron chi connectivity index (χ3n) is 4.14. The molecule has 0 N–H and O–H groups in total. The summed E-state index contributed by atoms with van der Waals surface area (Å²) in [6, 6.07) is 8.52. The lowest BCUT2D eigenvalue weighted by atomic mass is 10.3. The van der Waals surface area contributed by atoms with Crippen LogP contribution >= 0.6 is 23.1 Å². The van der Waals surface area contributed by atoms with Crippen molar-refractivity contribution in [2.75, 3.05) is 18.1 Å². The van der Waals surface area contributed by atoms with E-state index in [0.717, 1.165) is 29.0 Å². The van der Waals surface area contributed by atoms with Crippen molar-refractivity contribution in [2.45, 2.75) is 25.3 Å². The lowest BCUT2D eigenvalue weighted by Crippen LogP contribution is -2.68. The molecule has 30 heavy (non-hydrogen) atoms. The van der Waals surface area contributed by atoms with Crippen LogP contribution in [0.2, 0.25) is 0 Å². The first-order valence-corrected chi connectivity index (χ1v) is 11.9. The minimum absolute atomic E-state index is 0.636. The van der Waals surface area contributed by atoms with E-state index < -0.39 is 10.2 Å². The van der Waals surface area contributed by atoms with Gasteiger partial charge in [-0.3, -0.25) is 0 Å². The van der Waals surface area contributed by atoms with E-state index in [1.807, 2.05) is 12.3 Å². The molecule has 8 nitrogen and oxygen atoms in total. The molecule has 2 aliphatic rings. The van der Waals surface area contributed by atoms with E-state index in [9.17, 15) is 0 Å². The summed E-state index contributed by atoms with van der Waals surface area (Å²) in [4.78, 5) is 9.48. The summed E-state index contributed by atoms with van der Waals surface area (Å²) >= 11 is 3.46. The number of halogens is 1. The van der Waals surface area contributed by atoms with Crippen LogP contribution < -0.4 is 32.8 Å². The van der Waals surface area contributed by atoms with Gasteiger partial charge in [-0.05, 0) is 54.5 Å². The number of para-hydroxylation sites is 1.